The van der Waals surface area contributed by atoms with Gasteiger partial charge in [0.25, 0.3) is 0 Å². The normalized spacial score (nSPS) is 22.4. The third-order valence-corrected chi connectivity index (χ3v) is 3.37. The molecule has 2 N–H and O–H groups in total. The predicted octanol–water partition coefficient (Wildman–Crippen LogP) is 1.77. The Morgan fingerprint density at radius 3 is 3.00 bits per heavy atom. The number of rotatable bonds is 3. The third-order valence-electron chi connectivity index (χ3n) is 2.42. The van der Waals surface area contributed by atoms with E-state index in [4.69, 9.17) is 10.6 Å². The molecule has 0 radical (unpaired) electrons. The lowest BCUT2D eigenvalue weighted by Gasteiger charge is -2.28. The predicted molar refractivity (Wildman–Crippen MR) is 58.0 cm³/mol. The Morgan fingerprint density at radius 2 is 2.50 bits per heavy atom. The third kappa shape index (κ3) is 1.98. The van der Waals surface area contributed by atoms with Crippen molar-refractivity contribution in [2.75, 3.05) is 13.2 Å². The second-order valence-electron chi connectivity index (χ2n) is 3.65. The lowest BCUT2D eigenvalue weighted by atomic mass is 10.1. The molecular weight excluding hydrogens is 196 g/mol. The fourth-order valence-corrected chi connectivity index (χ4v) is 2.75. The van der Waals surface area contributed by atoms with Gasteiger partial charge in [0, 0.05) is 17.5 Å². The Hall–Kier alpha value is -0.420. The van der Waals surface area contributed by atoms with Gasteiger partial charge in [0.2, 0.25) is 0 Å². The van der Waals surface area contributed by atoms with Gasteiger partial charge in [-0.3, -0.25) is 4.84 Å². The first-order chi connectivity index (χ1) is 6.79. The molecule has 78 valence electrons. The molecule has 0 amide bonds. The first kappa shape index (κ1) is 10.1. The summed E-state index contributed by atoms with van der Waals surface area (Å²) in [4.78, 5) is 6.85. The van der Waals surface area contributed by atoms with Gasteiger partial charge in [-0.2, -0.15) is 5.06 Å². The van der Waals surface area contributed by atoms with Gasteiger partial charge in [0.1, 0.15) is 0 Å². The molecule has 2 heterocycles. The Morgan fingerprint density at radius 1 is 1.64 bits per heavy atom. The summed E-state index contributed by atoms with van der Waals surface area (Å²) in [6.07, 6.45) is 1.11. The highest BCUT2D eigenvalue weighted by Crippen LogP contribution is 2.29. The van der Waals surface area contributed by atoms with Crippen LogP contribution in [0.25, 0.3) is 0 Å². The highest BCUT2D eigenvalue weighted by molar-refractivity contribution is 7.10. The van der Waals surface area contributed by atoms with Crippen LogP contribution in [0.15, 0.2) is 17.5 Å². The van der Waals surface area contributed by atoms with Crippen molar-refractivity contribution in [3.05, 3.63) is 22.4 Å². The van der Waals surface area contributed by atoms with E-state index in [9.17, 15) is 0 Å². The molecule has 3 nitrogen and oxygen atoms in total. The number of hydrogen-bond acceptors (Lipinski definition) is 4. The van der Waals surface area contributed by atoms with Crippen molar-refractivity contribution in [2.45, 2.75) is 25.4 Å². The molecule has 14 heavy (non-hydrogen) atoms. The SMILES string of the molecule is CC(N)C(c1cccs1)N1CCCO1. The minimum absolute atomic E-state index is 0.103. The van der Waals surface area contributed by atoms with Crippen LogP contribution < -0.4 is 5.73 Å². The smallest absolute Gasteiger partial charge is 0.0842 e. The molecule has 0 aliphatic carbocycles. The van der Waals surface area contributed by atoms with Crippen LogP contribution in [0.4, 0.5) is 0 Å². The Balaban J connectivity index is 2.15. The first-order valence-electron chi connectivity index (χ1n) is 4.97. The summed E-state index contributed by atoms with van der Waals surface area (Å²) in [7, 11) is 0. The quantitative estimate of drug-likeness (QED) is 0.830. The molecule has 0 aromatic carbocycles. The van der Waals surface area contributed by atoms with E-state index in [1.165, 1.54) is 4.88 Å². The maximum Gasteiger partial charge on any atom is 0.0842 e. The molecular formula is C10H16N2OS. The Bertz CT molecular complexity index is 268. The molecule has 1 aliphatic rings. The van der Waals surface area contributed by atoms with E-state index in [1.54, 1.807) is 11.3 Å². The van der Waals surface area contributed by atoms with E-state index in [0.29, 0.717) is 0 Å². The summed E-state index contributed by atoms with van der Waals surface area (Å²) in [6, 6.07) is 4.51. The molecule has 0 bridgehead atoms. The summed E-state index contributed by atoms with van der Waals surface area (Å²) >= 11 is 1.74. The topological polar surface area (TPSA) is 38.5 Å². The zero-order valence-corrected chi connectivity index (χ0v) is 9.17. The Labute approximate surface area is 88.4 Å². The minimum atomic E-state index is 0.103. The van der Waals surface area contributed by atoms with Crippen LogP contribution in [0.2, 0.25) is 0 Å². The van der Waals surface area contributed by atoms with Crippen molar-refractivity contribution in [1.29, 1.82) is 0 Å². The lowest BCUT2D eigenvalue weighted by Crippen LogP contribution is -2.36. The van der Waals surface area contributed by atoms with Crippen molar-refractivity contribution in [2.24, 2.45) is 5.73 Å². The number of thiophene rings is 1. The number of hydrogen-bond donors (Lipinski definition) is 1. The standard InChI is InChI=1S/C10H16N2OS/c1-8(11)10(9-4-2-7-14-9)12-5-3-6-13-12/h2,4,7-8,10H,3,5-6,11H2,1H3. The van der Waals surface area contributed by atoms with Crippen LogP contribution in [-0.2, 0) is 4.84 Å². The highest BCUT2D eigenvalue weighted by atomic mass is 32.1. The monoisotopic (exact) mass is 212 g/mol. The van der Waals surface area contributed by atoms with Gasteiger partial charge < -0.3 is 5.73 Å². The average Bonchev–Trinajstić information content (AvgIpc) is 2.75. The molecule has 1 aromatic heterocycles. The van der Waals surface area contributed by atoms with Gasteiger partial charge in [-0.1, -0.05) is 6.07 Å². The maximum absolute atomic E-state index is 5.99. The minimum Gasteiger partial charge on any atom is -0.326 e. The molecule has 2 atom stereocenters. The molecule has 1 aromatic rings. The zero-order chi connectivity index (χ0) is 9.97. The van der Waals surface area contributed by atoms with E-state index in [-0.39, 0.29) is 12.1 Å². The summed E-state index contributed by atoms with van der Waals surface area (Å²) in [5.41, 5.74) is 5.99. The van der Waals surface area contributed by atoms with Crippen LogP contribution in [0.3, 0.4) is 0 Å². The fraction of sp³-hybridized carbons (Fsp3) is 0.600. The largest absolute Gasteiger partial charge is 0.326 e. The Kier molecular flexibility index (Phi) is 3.18. The van der Waals surface area contributed by atoms with E-state index in [0.717, 1.165) is 19.6 Å². The van der Waals surface area contributed by atoms with Crippen molar-refractivity contribution in [3.63, 3.8) is 0 Å². The second-order valence-corrected chi connectivity index (χ2v) is 4.63. The average molecular weight is 212 g/mol. The van der Waals surface area contributed by atoms with E-state index < -0.39 is 0 Å². The maximum atomic E-state index is 5.99. The van der Waals surface area contributed by atoms with Gasteiger partial charge in [-0.15, -0.1) is 11.3 Å². The van der Waals surface area contributed by atoms with Crippen molar-refractivity contribution in [1.82, 2.24) is 5.06 Å². The van der Waals surface area contributed by atoms with E-state index in [2.05, 4.69) is 17.5 Å². The molecule has 1 fully saturated rings. The molecule has 4 heteroatoms. The van der Waals surface area contributed by atoms with Gasteiger partial charge in [-0.25, -0.2) is 0 Å². The van der Waals surface area contributed by atoms with Crippen LogP contribution >= 0.6 is 11.3 Å². The summed E-state index contributed by atoms with van der Waals surface area (Å²) in [5.74, 6) is 0. The van der Waals surface area contributed by atoms with Crippen molar-refractivity contribution < 1.29 is 4.84 Å². The van der Waals surface area contributed by atoms with Crippen molar-refractivity contribution in [3.8, 4) is 0 Å². The molecule has 2 rings (SSSR count). The van der Waals surface area contributed by atoms with Crippen LogP contribution in [-0.4, -0.2) is 24.3 Å². The lowest BCUT2D eigenvalue weighted by molar-refractivity contribution is -0.146. The van der Waals surface area contributed by atoms with Crippen LogP contribution in [0, 0.1) is 0 Å². The van der Waals surface area contributed by atoms with Gasteiger partial charge in [0.15, 0.2) is 0 Å². The molecule has 1 saturated heterocycles. The van der Waals surface area contributed by atoms with E-state index >= 15 is 0 Å². The fourth-order valence-electron chi connectivity index (χ4n) is 1.81. The van der Waals surface area contributed by atoms with Gasteiger partial charge in [-0.05, 0) is 24.8 Å². The van der Waals surface area contributed by atoms with Crippen LogP contribution in [0.5, 0.6) is 0 Å². The second kappa shape index (κ2) is 4.40. The molecule has 0 spiro atoms. The molecule has 1 aliphatic heterocycles. The number of nitrogens with zero attached hydrogens (tertiary/aromatic N) is 1. The molecule has 0 saturated carbocycles. The summed E-state index contributed by atoms with van der Waals surface area (Å²) in [6.45, 7) is 3.85. The summed E-state index contributed by atoms with van der Waals surface area (Å²) < 4.78 is 0. The number of nitrogens with two attached hydrogens (primary N) is 1. The first-order valence-corrected chi connectivity index (χ1v) is 5.85. The zero-order valence-electron chi connectivity index (χ0n) is 8.35. The van der Waals surface area contributed by atoms with Crippen LogP contribution in [0.1, 0.15) is 24.3 Å². The van der Waals surface area contributed by atoms with Crippen molar-refractivity contribution >= 4 is 11.3 Å². The van der Waals surface area contributed by atoms with E-state index in [1.807, 2.05) is 12.0 Å². The molecule has 2 unspecified atom stereocenters. The van der Waals surface area contributed by atoms with Gasteiger partial charge >= 0.3 is 0 Å². The number of hydroxylamine groups is 2. The van der Waals surface area contributed by atoms with Gasteiger partial charge in [0.05, 0.1) is 12.6 Å². The highest BCUT2D eigenvalue weighted by Gasteiger charge is 2.28. The summed E-state index contributed by atoms with van der Waals surface area (Å²) in [5, 5.41) is 4.11.